The van der Waals surface area contributed by atoms with Crippen LogP contribution in [-0.4, -0.2) is 39.4 Å². The number of aromatic nitrogens is 3. The Hall–Kier alpha value is -1.39. The minimum Gasteiger partial charge on any atom is -0.345 e. The third kappa shape index (κ3) is 5.91. The molecule has 0 radical (unpaired) electrons. The standard InChI is InChI=1S/C19H36N4O/c1-14(2)11-22(9)17(24)19(7,8)13-18(5,6)10-16-12-23(15(3)4)21-20-16/h12,14-15H,10-11,13H2,1-9H3. The van der Waals surface area contributed by atoms with Gasteiger partial charge in [0.2, 0.25) is 5.91 Å². The van der Waals surface area contributed by atoms with Gasteiger partial charge in [-0.3, -0.25) is 4.79 Å². The summed E-state index contributed by atoms with van der Waals surface area (Å²) in [6, 6.07) is 0.317. The van der Waals surface area contributed by atoms with Crippen LogP contribution in [0.15, 0.2) is 6.20 Å². The Morgan fingerprint density at radius 2 is 1.79 bits per heavy atom. The van der Waals surface area contributed by atoms with E-state index in [1.165, 1.54) is 0 Å². The molecule has 1 aromatic heterocycles. The van der Waals surface area contributed by atoms with E-state index in [-0.39, 0.29) is 16.7 Å². The van der Waals surface area contributed by atoms with E-state index in [2.05, 4.69) is 65.7 Å². The zero-order valence-corrected chi connectivity index (χ0v) is 17.1. The van der Waals surface area contributed by atoms with E-state index in [1.54, 1.807) is 0 Å². The average molecular weight is 337 g/mol. The van der Waals surface area contributed by atoms with Crippen molar-refractivity contribution in [1.29, 1.82) is 0 Å². The van der Waals surface area contributed by atoms with Crippen molar-refractivity contribution in [2.45, 2.75) is 74.3 Å². The summed E-state index contributed by atoms with van der Waals surface area (Å²) in [4.78, 5) is 14.7. The Morgan fingerprint density at radius 1 is 1.21 bits per heavy atom. The van der Waals surface area contributed by atoms with Gasteiger partial charge in [0.1, 0.15) is 0 Å². The first-order valence-electron chi connectivity index (χ1n) is 9.00. The van der Waals surface area contributed by atoms with Crippen molar-refractivity contribution in [3.05, 3.63) is 11.9 Å². The molecule has 0 aromatic carbocycles. The number of carbonyl (C=O) groups is 1. The highest BCUT2D eigenvalue weighted by Crippen LogP contribution is 2.37. The lowest BCUT2D eigenvalue weighted by molar-refractivity contribution is -0.141. The smallest absolute Gasteiger partial charge is 0.227 e. The normalized spacial score (nSPS) is 13.0. The van der Waals surface area contributed by atoms with Gasteiger partial charge in [0.25, 0.3) is 0 Å². The second kappa shape index (κ2) is 7.66. The summed E-state index contributed by atoms with van der Waals surface area (Å²) in [5.41, 5.74) is 0.587. The lowest BCUT2D eigenvalue weighted by Crippen LogP contribution is -2.42. The van der Waals surface area contributed by atoms with Gasteiger partial charge in [0.15, 0.2) is 0 Å². The average Bonchev–Trinajstić information content (AvgIpc) is 2.83. The van der Waals surface area contributed by atoms with E-state index in [4.69, 9.17) is 0 Å². The maximum absolute atomic E-state index is 12.8. The molecule has 1 aromatic rings. The zero-order valence-electron chi connectivity index (χ0n) is 17.1. The molecule has 0 N–H and O–H groups in total. The summed E-state index contributed by atoms with van der Waals surface area (Å²) in [5, 5.41) is 8.47. The lowest BCUT2D eigenvalue weighted by Gasteiger charge is -2.36. The Kier molecular flexibility index (Phi) is 6.59. The summed E-state index contributed by atoms with van der Waals surface area (Å²) in [7, 11) is 1.91. The van der Waals surface area contributed by atoms with Crippen LogP contribution in [0.2, 0.25) is 0 Å². The molecule has 5 heteroatoms. The molecule has 0 saturated carbocycles. The monoisotopic (exact) mass is 336 g/mol. The zero-order chi connectivity index (χ0) is 18.7. The Balaban J connectivity index is 2.77. The number of carbonyl (C=O) groups excluding carboxylic acids is 1. The summed E-state index contributed by atoms with van der Waals surface area (Å²) in [6.07, 6.45) is 3.66. The first kappa shape index (κ1) is 20.7. The quantitative estimate of drug-likeness (QED) is 0.722. The minimum absolute atomic E-state index is 0.0182. The van der Waals surface area contributed by atoms with Gasteiger partial charge in [-0.15, -0.1) is 5.10 Å². The molecule has 1 heterocycles. The molecule has 1 amide bonds. The van der Waals surface area contributed by atoms with Gasteiger partial charge in [0, 0.05) is 31.2 Å². The van der Waals surface area contributed by atoms with Crippen molar-refractivity contribution >= 4 is 5.91 Å². The van der Waals surface area contributed by atoms with E-state index < -0.39 is 0 Å². The van der Waals surface area contributed by atoms with Gasteiger partial charge in [-0.25, -0.2) is 4.68 Å². The van der Waals surface area contributed by atoms with Gasteiger partial charge in [-0.05, 0) is 38.0 Å². The van der Waals surface area contributed by atoms with Crippen LogP contribution in [0.4, 0.5) is 0 Å². The lowest BCUT2D eigenvalue weighted by atomic mass is 9.72. The number of nitrogens with zero attached hydrogens (tertiary/aromatic N) is 4. The van der Waals surface area contributed by atoms with Gasteiger partial charge in [0.05, 0.1) is 5.69 Å². The third-order valence-corrected chi connectivity index (χ3v) is 4.23. The molecule has 0 aliphatic carbocycles. The predicted octanol–water partition coefficient (Wildman–Crippen LogP) is 3.96. The Morgan fingerprint density at radius 3 is 2.25 bits per heavy atom. The molecular weight excluding hydrogens is 300 g/mol. The maximum atomic E-state index is 12.8. The Bertz CT molecular complexity index is 543. The largest absolute Gasteiger partial charge is 0.345 e. The first-order chi connectivity index (χ1) is 10.8. The highest BCUT2D eigenvalue weighted by atomic mass is 16.2. The van der Waals surface area contributed by atoms with Crippen molar-refractivity contribution in [3.8, 4) is 0 Å². The predicted molar refractivity (Wildman–Crippen MR) is 98.8 cm³/mol. The molecule has 138 valence electrons. The van der Waals surface area contributed by atoms with E-state index >= 15 is 0 Å². The van der Waals surface area contributed by atoms with Crippen LogP contribution in [0, 0.1) is 16.7 Å². The maximum Gasteiger partial charge on any atom is 0.227 e. The molecule has 24 heavy (non-hydrogen) atoms. The summed E-state index contributed by atoms with van der Waals surface area (Å²) in [6.45, 7) is 17.8. The second-order valence-corrected chi connectivity index (χ2v) is 9.26. The van der Waals surface area contributed by atoms with Crippen LogP contribution in [0.3, 0.4) is 0 Å². The molecule has 5 nitrogen and oxygen atoms in total. The summed E-state index contributed by atoms with van der Waals surface area (Å²) < 4.78 is 1.89. The topological polar surface area (TPSA) is 51.0 Å². The van der Waals surface area contributed by atoms with Crippen LogP contribution in [-0.2, 0) is 11.2 Å². The molecule has 0 aliphatic rings. The third-order valence-electron chi connectivity index (χ3n) is 4.23. The highest BCUT2D eigenvalue weighted by Gasteiger charge is 2.37. The van der Waals surface area contributed by atoms with Crippen LogP contribution in [0.25, 0.3) is 0 Å². The van der Waals surface area contributed by atoms with Gasteiger partial charge in [-0.1, -0.05) is 46.8 Å². The number of hydrogen-bond donors (Lipinski definition) is 0. The fourth-order valence-electron chi connectivity index (χ4n) is 3.62. The number of amides is 1. The molecule has 0 aliphatic heterocycles. The molecule has 0 unspecified atom stereocenters. The van der Waals surface area contributed by atoms with Crippen molar-refractivity contribution in [2.75, 3.05) is 13.6 Å². The van der Waals surface area contributed by atoms with Crippen LogP contribution in [0.5, 0.6) is 0 Å². The number of rotatable bonds is 8. The Labute approximate surface area is 147 Å². The van der Waals surface area contributed by atoms with Crippen LogP contribution in [0.1, 0.15) is 73.5 Å². The van der Waals surface area contributed by atoms with E-state index in [0.29, 0.717) is 12.0 Å². The molecule has 0 atom stereocenters. The molecule has 0 saturated heterocycles. The van der Waals surface area contributed by atoms with Gasteiger partial charge in [-0.2, -0.15) is 0 Å². The van der Waals surface area contributed by atoms with E-state index in [9.17, 15) is 4.79 Å². The molecule has 0 spiro atoms. The van der Waals surface area contributed by atoms with Crippen molar-refractivity contribution < 1.29 is 4.79 Å². The fraction of sp³-hybridized carbons (Fsp3) is 0.842. The second-order valence-electron chi connectivity index (χ2n) is 9.26. The van der Waals surface area contributed by atoms with Crippen molar-refractivity contribution in [2.24, 2.45) is 16.7 Å². The van der Waals surface area contributed by atoms with Crippen LogP contribution < -0.4 is 0 Å². The minimum atomic E-state index is -0.388. The highest BCUT2D eigenvalue weighted by molar-refractivity contribution is 5.81. The van der Waals surface area contributed by atoms with E-state index in [0.717, 1.165) is 25.1 Å². The number of hydrogen-bond acceptors (Lipinski definition) is 3. The summed E-state index contributed by atoms with van der Waals surface area (Å²) >= 11 is 0. The molecule has 1 rings (SSSR count). The van der Waals surface area contributed by atoms with Crippen LogP contribution >= 0.6 is 0 Å². The van der Waals surface area contributed by atoms with E-state index in [1.807, 2.05) is 22.8 Å². The fourth-order valence-corrected chi connectivity index (χ4v) is 3.62. The van der Waals surface area contributed by atoms with Crippen molar-refractivity contribution in [1.82, 2.24) is 19.9 Å². The van der Waals surface area contributed by atoms with Crippen molar-refractivity contribution in [3.63, 3.8) is 0 Å². The molecule has 0 bridgehead atoms. The molecule has 0 fully saturated rings. The molecular formula is C19H36N4O. The van der Waals surface area contributed by atoms with Gasteiger partial charge < -0.3 is 4.90 Å². The summed E-state index contributed by atoms with van der Waals surface area (Å²) in [5.74, 6) is 0.698. The SMILES string of the molecule is CC(C)CN(C)C(=O)C(C)(C)CC(C)(C)Cc1cn(C(C)C)nn1. The van der Waals surface area contributed by atoms with Gasteiger partial charge >= 0.3 is 0 Å². The first-order valence-corrected chi connectivity index (χ1v) is 9.00.